The quantitative estimate of drug-likeness (QED) is 0.428. The Labute approximate surface area is 160 Å². The standard InChI is InChI=1S/C23H28N2O2/c1-2-3-4-7-14-26-21-13-12-18-15-20(11-10-19(18)16-21)22-24-23(27-25-22)17-8-5-6-9-17/h10-13,15-17H,2-9,14H2,1H3. The summed E-state index contributed by atoms with van der Waals surface area (Å²) < 4.78 is 11.4. The molecular formula is C23H28N2O2. The predicted molar refractivity (Wildman–Crippen MR) is 108 cm³/mol. The van der Waals surface area contributed by atoms with Gasteiger partial charge in [0.25, 0.3) is 0 Å². The van der Waals surface area contributed by atoms with E-state index in [-0.39, 0.29) is 0 Å². The largest absolute Gasteiger partial charge is 0.494 e. The van der Waals surface area contributed by atoms with Gasteiger partial charge in [0.15, 0.2) is 0 Å². The summed E-state index contributed by atoms with van der Waals surface area (Å²) in [6.45, 7) is 3.01. The predicted octanol–water partition coefficient (Wildman–Crippen LogP) is 6.51. The van der Waals surface area contributed by atoms with Crippen molar-refractivity contribution < 1.29 is 9.26 Å². The third kappa shape index (κ3) is 4.32. The van der Waals surface area contributed by atoms with Gasteiger partial charge in [0.1, 0.15) is 5.75 Å². The van der Waals surface area contributed by atoms with Gasteiger partial charge in [-0.05, 0) is 48.2 Å². The number of rotatable bonds is 8. The fourth-order valence-corrected chi connectivity index (χ4v) is 3.86. The minimum Gasteiger partial charge on any atom is -0.494 e. The molecule has 1 aromatic heterocycles. The zero-order valence-corrected chi connectivity index (χ0v) is 16.1. The Morgan fingerprint density at radius 1 is 1.00 bits per heavy atom. The highest BCUT2D eigenvalue weighted by atomic mass is 16.5. The van der Waals surface area contributed by atoms with Gasteiger partial charge >= 0.3 is 0 Å². The molecule has 0 amide bonds. The first-order valence-corrected chi connectivity index (χ1v) is 10.3. The van der Waals surface area contributed by atoms with Crippen LogP contribution in [0.5, 0.6) is 5.75 Å². The van der Waals surface area contributed by atoms with E-state index in [1.54, 1.807) is 0 Å². The zero-order chi connectivity index (χ0) is 18.5. The lowest BCUT2D eigenvalue weighted by molar-refractivity contribution is 0.305. The van der Waals surface area contributed by atoms with Gasteiger partial charge in [0.05, 0.1) is 6.61 Å². The van der Waals surface area contributed by atoms with Gasteiger partial charge in [-0.15, -0.1) is 0 Å². The van der Waals surface area contributed by atoms with E-state index in [1.807, 2.05) is 6.07 Å². The average Bonchev–Trinajstić information content (AvgIpc) is 3.39. The molecule has 0 bridgehead atoms. The fraction of sp³-hybridized carbons (Fsp3) is 0.478. The van der Waals surface area contributed by atoms with Crippen LogP contribution in [0.25, 0.3) is 22.2 Å². The molecule has 0 unspecified atom stereocenters. The van der Waals surface area contributed by atoms with Gasteiger partial charge in [-0.1, -0.05) is 62.4 Å². The second kappa shape index (κ2) is 8.55. The Morgan fingerprint density at radius 3 is 2.67 bits per heavy atom. The Hall–Kier alpha value is -2.36. The molecular weight excluding hydrogens is 336 g/mol. The van der Waals surface area contributed by atoms with Gasteiger partial charge in [-0.25, -0.2) is 0 Å². The number of nitrogens with zero attached hydrogens (tertiary/aromatic N) is 2. The SMILES string of the molecule is CCCCCCOc1ccc2cc(-c3noc(C4CCCC4)n3)ccc2c1. The molecule has 0 N–H and O–H groups in total. The van der Waals surface area contributed by atoms with E-state index in [2.05, 4.69) is 47.4 Å². The molecule has 0 atom stereocenters. The molecule has 0 saturated heterocycles. The number of hydrogen-bond donors (Lipinski definition) is 0. The van der Waals surface area contributed by atoms with E-state index in [4.69, 9.17) is 9.26 Å². The molecule has 0 aliphatic heterocycles. The summed E-state index contributed by atoms with van der Waals surface area (Å²) in [6, 6.07) is 12.6. The molecule has 1 saturated carbocycles. The number of fused-ring (bicyclic) bond motifs is 1. The lowest BCUT2D eigenvalue weighted by Crippen LogP contribution is -1.97. The molecule has 2 aromatic carbocycles. The van der Waals surface area contributed by atoms with Gasteiger partial charge in [-0.2, -0.15) is 4.98 Å². The van der Waals surface area contributed by atoms with Crippen LogP contribution in [0.15, 0.2) is 40.9 Å². The van der Waals surface area contributed by atoms with E-state index in [1.165, 1.54) is 50.3 Å². The van der Waals surface area contributed by atoms with Crippen LogP contribution in [0, 0.1) is 0 Å². The molecule has 27 heavy (non-hydrogen) atoms. The molecule has 1 aliphatic carbocycles. The highest BCUT2D eigenvalue weighted by Gasteiger charge is 2.23. The van der Waals surface area contributed by atoms with Crippen LogP contribution >= 0.6 is 0 Å². The number of hydrogen-bond acceptors (Lipinski definition) is 4. The summed E-state index contributed by atoms with van der Waals surface area (Å²) in [5.74, 6) is 2.88. The van der Waals surface area contributed by atoms with E-state index in [0.717, 1.165) is 35.6 Å². The van der Waals surface area contributed by atoms with E-state index in [0.29, 0.717) is 11.7 Å². The molecule has 3 aromatic rings. The molecule has 0 spiro atoms. The first-order chi connectivity index (χ1) is 13.3. The first kappa shape index (κ1) is 18.0. The van der Waals surface area contributed by atoms with Crippen LogP contribution in [0.3, 0.4) is 0 Å². The van der Waals surface area contributed by atoms with Crippen LogP contribution < -0.4 is 4.74 Å². The van der Waals surface area contributed by atoms with Crippen molar-refractivity contribution in [2.45, 2.75) is 64.2 Å². The van der Waals surface area contributed by atoms with Crippen LogP contribution in [0.4, 0.5) is 0 Å². The number of ether oxygens (including phenoxy) is 1. The smallest absolute Gasteiger partial charge is 0.230 e. The molecule has 1 aliphatic rings. The summed E-state index contributed by atoms with van der Waals surface area (Å²) >= 11 is 0. The Kier molecular flexibility index (Phi) is 5.71. The van der Waals surface area contributed by atoms with Gasteiger partial charge < -0.3 is 9.26 Å². The normalized spacial score (nSPS) is 14.9. The molecule has 0 radical (unpaired) electrons. The van der Waals surface area contributed by atoms with Crippen molar-refractivity contribution in [2.24, 2.45) is 0 Å². The van der Waals surface area contributed by atoms with Crippen LogP contribution in [-0.2, 0) is 0 Å². The molecule has 1 fully saturated rings. The summed E-state index contributed by atoms with van der Waals surface area (Å²) in [7, 11) is 0. The van der Waals surface area contributed by atoms with Crippen molar-refractivity contribution in [1.29, 1.82) is 0 Å². The van der Waals surface area contributed by atoms with Crippen molar-refractivity contribution >= 4 is 10.8 Å². The topological polar surface area (TPSA) is 48.2 Å². The van der Waals surface area contributed by atoms with Crippen molar-refractivity contribution in [1.82, 2.24) is 10.1 Å². The average molecular weight is 364 g/mol. The van der Waals surface area contributed by atoms with Crippen LogP contribution in [0.1, 0.15) is 70.1 Å². The highest BCUT2D eigenvalue weighted by molar-refractivity contribution is 5.87. The Morgan fingerprint density at radius 2 is 1.81 bits per heavy atom. The van der Waals surface area contributed by atoms with Gasteiger partial charge in [0, 0.05) is 11.5 Å². The maximum Gasteiger partial charge on any atom is 0.230 e. The number of unbranched alkanes of at least 4 members (excludes halogenated alkanes) is 3. The lowest BCUT2D eigenvalue weighted by atomic mass is 10.1. The summed E-state index contributed by atoms with van der Waals surface area (Å²) in [4.78, 5) is 4.65. The van der Waals surface area contributed by atoms with Crippen molar-refractivity contribution in [3.05, 3.63) is 42.3 Å². The minimum atomic E-state index is 0.448. The fourth-order valence-electron chi connectivity index (χ4n) is 3.86. The molecule has 1 heterocycles. The van der Waals surface area contributed by atoms with E-state index in [9.17, 15) is 0 Å². The maximum atomic E-state index is 5.90. The van der Waals surface area contributed by atoms with Crippen LogP contribution in [-0.4, -0.2) is 16.7 Å². The van der Waals surface area contributed by atoms with E-state index >= 15 is 0 Å². The van der Waals surface area contributed by atoms with Crippen molar-refractivity contribution in [3.63, 3.8) is 0 Å². The second-order valence-corrected chi connectivity index (χ2v) is 7.57. The third-order valence-electron chi connectivity index (χ3n) is 5.48. The van der Waals surface area contributed by atoms with Gasteiger partial charge in [0.2, 0.25) is 11.7 Å². The summed E-state index contributed by atoms with van der Waals surface area (Å²) in [5, 5.41) is 6.55. The van der Waals surface area contributed by atoms with Crippen LogP contribution in [0.2, 0.25) is 0 Å². The van der Waals surface area contributed by atoms with Crippen molar-refractivity contribution in [2.75, 3.05) is 6.61 Å². The highest BCUT2D eigenvalue weighted by Crippen LogP contribution is 2.34. The molecule has 142 valence electrons. The summed E-state index contributed by atoms with van der Waals surface area (Å²) in [5.41, 5.74) is 1.00. The van der Waals surface area contributed by atoms with Gasteiger partial charge in [-0.3, -0.25) is 0 Å². The molecule has 4 heteroatoms. The monoisotopic (exact) mass is 364 g/mol. The van der Waals surface area contributed by atoms with Crippen molar-refractivity contribution in [3.8, 4) is 17.1 Å². The molecule has 4 nitrogen and oxygen atoms in total. The minimum absolute atomic E-state index is 0.448. The summed E-state index contributed by atoms with van der Waals surface area (Å²) in [6.07, 6.45) is 9.75. The maximum absolute atomic E-state index is 5.90. The number of benzene rings is 2. The lowest BCUT2D eigenvalue weighted by Gasteiger charge is -2.07. The second-order valence-electron chi connectivity index (χ2n) is 7.57. The third-order valence-corrected chi connectivity index (χ3v) is 5.48. The number of aromatic nitrogens is 2. The molecule has 4 rings (SSSR count). The van der Waals surface area contributed by atoms with E-state index < -0.39 is 0 Å². The Bertz CT molecular complexity index is 881. The zero-order valence-electron chi connectivity index (χ0n) is 16.1. The Balaban J connectivity index is 1.45. The first-order valence-electron chi connectivity index (χ1n) is 10.3.